The van der Waals surface area contributed by atoms with Crippen molar-refractivity contribution in [3.8, 4) is 11.5 Å². The molecule has 0 spiro atoms. The van der Waals surface area contributed by atoms with Crippen LogP contribution in [0, 0.1) is 0 Å². The number of hydrogen-bond acceptors (Lipinski definition) is 2. The number of phenols is 1. The molecule has 1 N–H and O–H groups in total. The maximum absolute atomic E-state index is 9.97. The number of hydrogen-bond donors (Lipinski definition) is 1. The van der Waals surface area contributed by atoms with Crippen molar-refractivity contribution in [1.29, 1.82) is 0 Å². The van der Waals surface area contributed by atoms with Gasteiger partial charge in [0.25, 0.3) is 0 Å². The Morgan fingerprint density at radius 3 is 2.48 bits per heavy atom. The van der Waals surface area contributed by atoms with Crippen LogP contribution in [-0.2, 0) is 6.42 Å². The van der Waals surface area contributed by atoms with Gasteiger partial charge in [-0.3, -0.25) is 0 Å². The van der Waals surface area contributed by atoms with Crippen LogP contribution in [0.2, 0.25) is 0 Å². The third-order valence-corrected chi connectivity index (χ3v) is 4.22. The Balaban J connectivity index is 1.99. The van der Waals surface area contributed by atoms with E-state index < -0.39 is 0 Å². The van der Waals surface area contributed by atoms with Gasteiger partial charge in [0.05, 0.1) is 6.61 Å². The van der Waals surface area contributed by atoms with Gasteiger partial charge in [-0.2, -0.15) is 0 Å². The van der Waals surface area contributed by atoms with Gasteiger partial charge in [-0.1, -0.05) is 69.5 Å². The zero-order valence-corrected chi connectivity index (χ0v) is 14.3. The van der Waals surface area contributed by atoms with E-state index in [1.165, 1.54) is 24.8 Å². The van der Waals surface area contributed by atoms with Crippen molar-refractivity contribution >= 4 is 0 Å². The number of rotatable bonds is 9. The van der Waals surface area contributed by atoms with E-state index in [0.717, 1.165) is 30.8 Å². The van der Waals surface area contributed by atoms with E-state index in [0.29, 0.717) is 11.7 Å². The monoisotopic (exact) mass is 312 g/mol. The summed E-state index contributed by atoms with van der Waals surface area (Å²) in [6.45, 7) is 5.18. The molecule has 23 heavy (non-hydrogen) atoms. The molecular formula is C21H28O2. The molecule has 124 valence electrons. The van der Waals surface area contributed by atoms with Crippen LogP contribution in [0.25, 0.3) is 0 Å². The van der Waals surface area contributed by atoms with Crippen molar-refractivity contribution in [1.82, 2.24) is 0 Å². The highest BCUT2D eigenvalue weighted by atomic mass is 16.5. The molecule has 2 aromatic carbocycles. The molecule has 0 aromatic heterocycles. The average Bonchev–Trinajstić information content (AvgIpc) is 2.57. The normalized spacial score (nSPS) is 12.1. The zero-order chi connectivity index (χ0) is 16.5. The highest BCUT2D eigenvalue weighted by Crippen LogP contribution is 2.31. The highest BCUT2D eigenvalue weighted by molar-refractivity contribution is 5.39. The fraction of sp³-hybridized carbons (Fsp3) is 0.429. The summed E-state index contributed by atoms with van der Waals surface area (Å²) in [5.41, 5.74) is 2.20. The van der Waals surface area contributed by atoms with Crippen molar-refractivity contribution in [3.63, 3.8) is 0 Å². The molecule has 0 bridgehead atoms. The molecule has 0 saturated carbocycles. The topological polar surface area (TPSA) is 29.5 Å². The van der Waals surface area contributed by atoms with Crippen LogP contribution in [0.1, 0.15) is 56.6 Å². The van der Waals surface area contributed by atoms with Crippen LogP contribution < -0.4 is 4.74 Å². The molecule has 0 fully saturated rings. The third-order valence-electron chi connectivity index (χ3n) is 4.22. The quantitative estimate of drug-likeness (QED) is 0.602. The first-order chi connectivity index (χ1) is 11.2. The lowest BCUT2D eigenvalue weighted by atomic mass is 9.92. The van der Waals surface area contributed by atoms with Gasteiger partial charge >= 0.3 is 0 Å². The number of phenolic OH excluding ortho intramolecular Hbond substituents is 1. The summed E-state index contributed by atoms with van der Waals surface area (Å²) in [5.74, 6) is 1.65. The van der Waals surface area contributed by atoms with E-state index in [1.807, 2.05) is 24.3 Å². The van der Waals surface area contributed by atoms with Gasteiger partial charge in [0.15, 0.2) is 0 Å². The maximum Gasteiger partial charge on any atom is 0.122 e. The van der Waals surface area contributed by atoms with Crippen LogP contribution >= 0.6 is 0 Å². The summed E-state index contributed by atoms with van der Waals surface area (Å²) in [5, 5.41) is 9.97. The Hall–Kier alpha value is -1.96. The summed E-state index contributed by atoms with van der Waals surface area (Å²) in [4.78, 5) is 0. The second-order valence-corrected chi connectivity index (χ2v) is 6.18. The van der Waals surface area contributed by atoms with E-state index in [2.05, 4.69) is 32.0 Å². The van der Waals surface area contributed by atoms with Crippen LogP contribution in [0.15, 0.2) is 48.5 Å². The standard InChI is InChI=1S/C21H28O2/c1-3-4-5-10-15-23-21-14-9-7-12-19(21)17(2)16-18-11-6-8-13-20(18)22/h6-9,11-14,17,22H,3-5,10,15-16H2,1-2H3. The largest absolute Gasteiger partial charge is 0.508 e. The van der Waals surface area contributed by atoms with Crippen molar-refractivity contribution < 1.29 is 9.84 Å². The zero-order valence-electron chi connectivity index (χ0n) is 14.3. The molecule has 2 aromatic rings. The van der Waals surface area contributed by atoms with E-state index >= 15 is 0 Å². The highest BCUT2D eigenvalue weighted by Gasteiger charge is 2.13. The molecule has 2 heteroatoms. The number of ether oxygens (including phenoxy) is 1. The maximum atomic E-state index is 9.97. The molecule has 0 aliphatic heterocycles. The van der Waals surface area contributed by atoms with Gasteiger partial charge < -0.3 is 9.84 Å². The third kappa shape index (κ3) is 5.31. The van der Waals surface area contributed by atoms with Gasteiger partial charge in [0, 0.05) is 0 Å². The minimum atomic E-state index is 0.301. The summed E-state index contributed by atoms with van der Waals surface area (Å²) in [7, 11) is 0. The summed E-state index contributed by atoms with van der Waals surface area (Å²) >= 11 is 0. The molecular weight excluding hydrogens is 284 g/mol. The summed E-state index contributed by atoms with van der Waals surface area (Å²) < 4.78 is 6.01. The van der Waals surface area contributed by atoms with Crippen LogP contribution in [0.5, 0.6) is 11.5 Å². The first-order valence-corrected chi connectivity index (χ1v) is 8.71. The Kier molecular flexibility index (Phi) is 6.99. The molecule has 0 heterocycles. The van der Waals surface area contributed by atoms with Crippen LogP contribution in [0.4, 0.5) is 0 Å². The molecule has 0 radical (unpaired) electrons. The second-order valence-electron chi connectivity index (χ2n) is 6.18. The van der Waals surface area contributed by atoms with E-state index in [1.54, 1.807) is 6.07 Å². The van der Waals surface area contributed by atoms with E-state index in [4.69, 9.17) is 4.74 Å². The molecule has 0 aliphatic rings. The van der Waals surface area contributed by atoms with E-state index in [9.17, 15) is 5.11 Å². The van der Waals surface area contributed by atoms with Gasteiger partial charge in [-0.25, -0.2) is 0 Å². The predicted molar refractivity (Wildman–Crippen MR) is 96.3 cm³/mol. The van der Waals surface area contributed by atoms with Crippen LogP contribution in [0.3, 0.4) is 0 Å². The van der Waals surface area contributed by atoms with Gasteiger partial charge in [-0.05, 0) is 42.0 Å². The minimum absolute atomic E-state index is 0.301. The molecule has 1 unspecified atom stereocenters. The Morgan fingerprint density at radius 2 is 1.70 bits per heavy atom. The molecule has 0 aliphatic carbocycles. The number of aromatic hydroxyl groups is 1. The Labute approximate surface area is 140 Å². The SMILES string of the molecule is CCCCCCOc1ccccc1C(C)Cc1ccccc1O. The molecule has 2 rings (SSSR count). The molecule has 0 saturated heterocycles. The first-order valence-electron chi connectivity index (χ1n) is 8.71. The molecule has 0 amide bonds. The van der Waals surface area contributed by atoms with Gasteiger partial charge in [0.1, 0.15) is 11.5 Å². The number of para-hydroxylation sites is 2. The van der Waals surface area contributed by atoms with Gasteiger partial charge in [-0.15, -0.1) is 0 Å². The number of benzene rings is 2. The Morgan fingerprint density at radius 1 is 0.957 bits per heavy atom. The van der Waals surface area contributed by atoms with Gasteiger partial charge in [0.2, 0.25) is 0 Å². The predicted octanol–water partition coefficient (Wildman–Crippen LogP) is 5.70. The summed E-state index contributed by atoms with van der Waals surface area (Å²) in [6.07, 6.45) is 5.66. The fourth-order valence-corrected chi connectivity index (χ4v) is 2.85. The van der Waals surface area contributed by atoms with Crippen molar-refractivity contribution in [2.45, 2.75) is 51.9 Å². The van der Waals surface area contributed by atoms with Crippen LogP contribution in [-0.4, -0.2) is 11.7 Å². The lowest BCUT2D eigenvalue weighted by Crippen LogP contribution is -2.04. The van der Waals surface area contributed by atoms with Crippen molar-refractivity contribution in [3.05, 3.63) is 59.7 Å². The van der Waals surface area contributed by atoms with E-state index in [-0.39, 0.29) is 0 Å². The summed E-state index contributed by atoms with van der Waals surface area (Å²) in [6, 6.07) is 15.8. The minimum Gasteiger partial charge on any atom is -0.508 e. The molecule has 2 nitrogen and oxygen atoms in total. The van der Waals surface area contributed by atoms with Crippen molar-refractivity contribution in [2.24, 2.45) is 0 Å². The molecule has 1 atom stereocenters. The lowest BCUT2D eigenvalue weighted by molar-refractivity contribution is 0.300. The Bertz CT molecular complexity index is 592. The van der Waals surface area contributed by atoms with Crippen molar-refractivity contribution in [2.75, 3.05) is 6.61 Å². The second kappa shape index (κ2) is 9.24. The first kappa shape index (κ1) is 17.4. The fourth-order valence-electron chi connectivity index (χ4n) is 2.85. The average molecular weight is 312 g/mol. The smallest absolute Gasteiger partial charge is 0.122 e. The lowest BCUT2D eigenvalue weighted by Gasteiger charge is -2.17. The number of unbranched alkanes of at least 4 members (excludes halogenated alkanes) is 3.